The van der Waals surface area contributed by atoms with Crippen molar-refractivity contribution in [3.63, 3.8) is 0 Å². The predicted octanol–water partition coefficient (Wildman–Crippen LogP) is 2.91. The molecule has 0 spiro atoms. The quantitative estimate of drug-likeness (QED) is 0.589. The van der Waals surface area contributed by atoms with Gasteiger partial charge >= 0.3 is 0 Å². The Bertz CT molecular complexity index is 712. The number of aromatic nitrogens is 2. The first-order valence-corrected chi connectivity index (χ1v) is 10.2. The van der Waals surface area contributed by atoms with E-state index in [0.29, 0.717) is 16.0 Å². The van der Waals surface area contributed by atoms with Crippen molar-refractivity contribution in [2.24, 2.45) is 0 Å². The Balaban J connectivity index is 1.55. The summed E-state index contributed by atoms with van der Waals surface area (Å²) in [5.41, 5.74) is 0. The summed E-state index contributed by atoms with van der Waals surface area (Å²) in [5.74, 6) is -0.0392. The van der Waals surface area contributed by atoms with Crippen LogP contribution in [0, 0.1) is 0 Å². The number of amides is 2. The van der Waals surface area contributed by atoms with E-state index in [0.717, 1.165) is 17.7 Å². The van der Waals surface area contributed by atoms with Gasteiger partial charge in [-0.25, -0.2) is 0 Å². The maximum atomic E-state index is 12.2. The number of anilines is 1. The Hall–Kier alpha value is -1.45. The second-order valence-corrected chi connectivity index (χ2v) is 9.10. The van der Waals surface area contributed by atoms with Crippen LogP contribution in [0.3, 0.4) is 0 Å². The molecule has 24 heavy (non-hydrogen) atoms. The summed E-state index contributed by atoms with van der Waals surface area (Å²) in [5, 5.41) is 13.5. The third-order valence-corrected chi connectivity index (χ3v) is 6.50. The van der Waals surface area contributed by atoms with Crippen molar-refractivity contribution in [2.75, 3.05) is 4.90 Å². The van der Waals surface area contributed by atoms with E-state index in [1.165, 1.54) is 23.1 Å². The molecule has 1 aliphatic carbocycles. The van der Waals surface area contributed by atoms with E-state index in [1.54, 1.807) is 23.2 Å². The van der Waals surface area contributed by atoms with Gasteiger partial charge in [0.15, 0.2) is 4.34 Å². The lowest BCUT2D eigenvalue weighted by molar-refractivity contribution is -0.120. The minimum Gasteiger partial charge on any atom is -0.350 e. The van der Waals surface area contributed by atoms with Gasteiger partial charge in [-0.2, -0.15) is 0 Å². The van der Waals surface area contributed by atoms with E-state index in [4.69, 9.17) is 0 Å². The Labute approximate surface area is 152 Å². The van der Waals surface area contributed by atoms with Crippen LogP contribution in [0.5, 0.6) is 0 Å². The van der Waals surface area contributed by atoms with E-state index in [-0.39, 0.29) is 23.1 Å². The molecule has 6 nitrogen and oxygen atoms in total. The fourth-order valence-corrected chi connectivity index (χ4v) is 4.93. The summed E-state index contributed by atoms with van der Waals surface area (Å²) >= 11 is 4.36. The van der Waals surface area contributed by atoms with Crippen molar-refractivity contribution in [1.82, 2.24) is 15.5 Å². The van der Waals surface area contributed by atoms with E-state index in [1.807, 2.05) is 24.4 Å². The Kier molecular flexibility index (Phi) is 5.52. The summed E-state index contributed by atoms with van der Waals surface area (Å²) in [6.45, 7) is 3.94. The maximum absolute atomic E-state index is 12.2. The van der Waals surface area contributed by atoms with Gasteiger partial charge in [-0.3, -0.25) is 14.5 Å². The predicted molar refractivity (Wildman–Crippen MR) is 97.6 cm³/mol. The number of carbonyl (C=O) groups is 2. The Morgan fingerprint density at radius 2 is 2.25 bits per heavy atom. The fourth-order valence-electron chi connectivity index (χ4n) is 2.16. The van der Waals surface area contributed by atoms with Crippen LogP contribution in [-0.2, 0) is 16.1 Å². The molecule has 1 aliphatic rings. The average Bonchev–Trinajstić information content (AvgIpc) is 3.04. The summed E-state index contributed by atoms with van der Waals surface area (Å²) < 4.78 is 0.704. The van der Waals surface area contributed by atoms with Crippen molar-refractivity contribution in [1.29, 1.82) is 0 Å². The Morgan fingerprint density at radius 1 is 1.46 bits per heavy atom. The minimum absolute atomic E-state index is 0.00746. The van der Waals surface area contributed by atoms with Crippen molar-refractivity contribution < 1.29 is 9.59 Å². The molecule has 2 amide bonds. The molecule has 1 saturated carbocycles. The molecule has 0 aromatic carbocycles. The van der Waals surface area contributed by atoms with Gasteiger partial charge in [0.2, 0.25) is 16.9 Å². The molecule has 1 unspecified atom stereocenters. The highest BCUT2D eigenvalue weighted by atomic mass is 32.2. The van der Waals surface area contributed by atoms with Crippen LogP contribution in [-0.4, -0.2) is 33.3 Å². The number of thiophene rings is 1. The molecule has 1 fully saturated rings. The highest BCUT2D eigenvalue weighted by Gasteiger charge is 2.34. The molecular weight excluding hydrogens is 364 g/mol. The van der Waals surface area contributed by atoms with Gasteiger partial charge in [0, 0.05) is 17.8 Å². The zero-order chi connectivity index (χ0) is 17.1. The summed E-state index contributed by atoms with van der Waals surface area (Å²) in [6, 6.07) is 4.22. The third kappa shape index (κ3) is 4.34. The first kappa shape index (κ1) is 17.4. The molecule has 0 radical (unpaired) electrons. The number of carbonyl (C=O) groups excluding carboxylic acids is 2. The van der Waals surface area contributed by atoms with Crippen LogP contribution < -0.4 is 10.2 Å². The number of nitrogens with zero attached hydrogens (tertiary/aromatic N) is 3. The molecule has 2 aromatic rings. The van der Waals surface area contributed by atoms with Crippen LogP contribution >= 0.6 is 34.4 Å². The Morgan fingerprint density at radius 3 is 2.88 bits per heavy atom. The lowest BCUT2D eigenvalue weighted by Crippen LogP contribution is -2.30. The topological polar surface area (TPSA) is 75.2 Å². The van der Waals surface area contributed by atoms with Crippen molar-refractivity contribution in [2.45, 2.75) is 48.9 Å². The van der Waals surface area contributed by atoms with E-state index >= 15 is 0 Å². The second-order valence-electron chi connectivity index (χ2n) is 5.53. The highest BCUT2D eigenvalue weighted by molar-refractivity contribution is 8.02. The van der Waals surface area contributed by atoms with E-state index < -0.39 is 0 Å². The van der Waals surface area contributed by atoms with Crippen LogP contribution in [0.15, 0.2) is 21.9 Å². The molecular formula is C15H18N4O2S3. The van der Waals surface area contributed by atoms with Gasteiger partial charge < -0.3 is 5.32 Å². The number of rotatable bonds is 7. The van der Waals surface area contributed by atoms with Gasteiger partial charge in [0.25, 0.3) is 0 Å². The van der Waals surface area contributed by atoms with Crippen molar-refractivity contribution in [3.8, 4) is 0 Å². The van der Waals surface area contributed by atoms with Crippen LogP contribution in [0.1, 0.15) is 31.6 Å². The standard InChI is InChI=1S/C15H18N4O2S3/c1-9(13(21)16-8-12-4-3-7-22-12)23-15-18-17-14(24-15)19(10(2)20)11-5-6-11/h3-4,7,9,11H,5-6,8H2,1-2H3,(H,16,21). The first-order chi connectivity index (χ1) is 11.5. The van der Waals surface area contributed by atoms with Gasteiger partial charge in [0.1, 0.15) is 0 Å². The van der Waals surface area contributed by atoms with Gasteiger partial charge in [-0.05, 0) is 31.2 Å². The van der Waals surface area contributed by atoms with E-state index in [9.17, 15) is 9.59 Å². The molecule has 9 heteroatoms. The molecule has 2 heterocycles. The minimum atomic E-state index is -0.266. The third-order valence-electron chi connectivity index (χ3n) is 3.52. The van der Waals surface area contributed by atoms with Crippen LogP contribution in [0.2, 0.25) is 0 Å². The van der Waals surface area contributed by atoms with Crippen molar-refractivity contribution in [3.05, 3.63) is 22.4 Å². The molecule has 1 N–H and O–H groups in total. The smallest absolute Gasteiger partial charge is 0.233 e. The monoisotopic (exact) mass is 382 g/mol. The zero-order valence-corrected chi connectivity index (χ0v) is 15.8. The average molecular weight is 383 g/mol. The number of nitrogens with one attached hydrogen (secondary N) is 1. The summed E-state index contributed by atoms with van der Waals surface area (Å²) in [4.78, 5) is 26.8. The first-order valence-electron chi connectivity index (χ1n) is 7.64. The maximum Gasteiger partial charge on any atom is 0.233 e. The normalized spacial score (nSPS) is 15.1. The molecule has 128 valence electrons. The largest absolute Gasteiger partial charge is 0.350 e. The zero-order valence-electron chi connectivity index (χ0n) is 13.4. The number of hydrogen-bond acceptors (Lipinski definition) is 7. The lowest BCUT2D eigenvalue weighted by Gasteiger charge is -2.15. The van der Waals surface area contributed by atoms with Gasteiger partial charge in [-0.15, -0.1) is 21.5 Å². The summed E-state index contributed by atoms with van der Waals surface area (Å²) in [6.07, 6.45) is 2.03. The van der Waals surface area contributed by atoms with Gasteiger partial charge in [0.05, 0.1) is 11.8 Å². The number of hydrogen-bond donors (Lipinski definition) is 1. The lowest BCUT2D eigenvalue weighted by atomic mass is 10.4. The second kappa shape index (κ2) is 7.62. The molecule has 1 atom stereocenters. The highest BCUT2D eigenvalue weighted by Crippen LogP contribution is 2.36. The fraction of sp³-hybridized carbons (Fsp3) is 0.467. The van der Waals surface area contributed by atoms with Crippen LogP contribution in [0.25, 0.3) is 0 Å². The molecule has 3 rings (SSSR count). The molecule has 0 aliphatic heterocycles. The molecule has 2 aromatic heterocycles. The van der Waals surface area contributed by atoms with E-state index in [2.05, 4.69) is 15.5 Å². The molecule has 0 saturated heterocycles. The van der Waals surface area contributed by atoms with Gasteiger partial charge in [-0.1, -0.05) is 29.2 Å². The van der Waals surface area contributed by atoms with Crippen molar-refractivity contribution >= 4 is 51.4 Å². The number of thioether (sulfide) groups is 1. The SMILES string of the molecule is CC(=O)N(c1nnc(SC(C)C(=O)NCc2cccs2)s1)C1CC1. The van der Waals surface area contributed by atoms with Crippen LogP contribution in [0.4, 0.5) is 5.13 Å². The summed E-state index contributed by atoms with van der Waals surface area (Å²) in [7, 11) is 0. The molecule has 0 bridgehead atoms.